The van der Waals surface area contributed by atoms with Crippen molar-refractivity contribution in [2.75, 3.05) is 6.54 Å². The van der Waals surface area contributed by atoms with Gasteiger partial charge in [0.2, 0.25) is 5.91 Å². The average molecular weight is 295 g/mol. The molecule has 0 heterocycles. The molecule has 7 heteroatoms. The van der Waals surface area contributed by atoms with Gasteiger partial charge in [0.05, 0.1) is 11.8 Å². The normalized spacial score (nSPS) is 23.4. The highest BCUT2D eigenvalue weighted by Crippen LogP contribution is 2.30. The Balaban J connectivity index is 2.29. The number of carbonyl (C=O) groups is 2. The molecule has 1 fully saturated rings. The molecular weight excluding hydrogens is 275 g/mol. The van der Waals surface area contributed by atoms with Gasteiger partial charge in [-0.3, -0.25) is 9.59 Å². The summed E-state index contributed by atoms with van der Waals surface area (Å²) in [6, 6.07) is 0. The highest BCUT2D eigenvalue weighted by Gasteiger charge is 2.35. The first-order valence-corrected chi connectivity index (χ1v) is 6.88. The lowest BCUT2D eigenvalue weighted by molar-refractivity contribution is -0.149. The Kier molecular flexibility index (Phi) is 6.29. The molecule has 0 spiro atoms. The minimum Gasteiger partial charge on any atom is -0.481 e. The molecule has 0 aliphatic heterocycles. The third-order valence-corrected chi connectivity index (χ3v) is 3.61. The molecule has 0 aromatic rings. The van der Waals surface area contributed by atoms with Crippen LogP contribution in [0.2, 0.25) is 0 Å². The zero-order valence-corrected chi connectivity index (χ0v) is 11.2. The minimum atomic E-state index is -4.16. The molecule has 0 aromatic carbocycles. The van der Waals surface area contributed by atoms with Gasteiger partial charge in [-0.05, 0) is 25.7 Å². The second-order valence-electron chi connectivity index (χ2n) is 5.20. The van der Waals surface area contributed by atoms with E-state index in [-0.39, 0.29) is 25.3 Å². The second kappa shape index (κ2) is 7.50. The van der Waals surface area contributed by atoms with E-state index < -0.39 is 30.4 Å². The lowest BCUT2D eigenvalue weighted by atomic mass is 9.78. The van der Waals surface area contributed by atoms with Crippen LogP contribution in [0.4, 0.5) is 13.2 Å². The van der Waals surface area contributed by atoms with Crippen molar-refractivity contribution in [2.45, 2.75) is 51.1 Å². The van der Waals surface area contributed by atoms with E-state index in [2.05, 4.69) is 5.32 Å². The first-order valence-electron chi connectivity index (χ1n) is 6.88. The maximum absolute atomic E-state index is 11.9. The van der Waals surface area contributed by atoms with Crippen molar-refractivity contribution in [3.63, 3.8) is 0 Å². The molecule has 1 rings (SSSR count). The maximum atomic E-state index is 11.9. The molecule has 4 nitrogen and oxygen atoms in total. The van der Waals surface area contributed by atoms with Gasteiger partial charge in [0, 0.05) is 13.0 Å². The summed E-state index contributed by atoms with van der Waals surface area (Å²) < 4.78 is 35.8. The zero-order chi connectivity index (χ0) is 15.2. The molecule has 20 heavy (non-hydrogen) atoms. The number of alkyl halides is 3. The van der Waals surface area contributed by atoms with E-state index in [1.165, 1.54) is 0 Å². The van der Waals surface area contributed by atoms with E-state index in [1.807, 2.05) is 0 Å². The summed E-state index contributed by atoms with van der Waals surface area (Å²) in [6.45, 7) is 0.164. The van der Waals surface area contributed by atoms with Gasteiger partial charge in [-0.15, -0.1) is 0 Å². The quantitative estimate of drug-likeness (QED) is 0.740. The molecule has 0 aromatic heterocycles. The molecular formula is C13H20F3NO3. The number of nitrogens with one attached hydrogen (secondary N) is 1. The number of carboxylic acid groups (broad SMARTS) is 1. The van der Waals surface area contributed by atoms with E-state index >= 15 is 0 Å². The first-order chi connectivity index (χ1) is 9.31. The van der Waals surface area contributed by atoms with Crippen molar-refractivity contribution in [2.24, 2.45) is 11.8 Å². The monoisotopic (exact) mass is 295 g/mol. The fraction of sp³-hybridized carbons (Fsp3) is 0.846. The van der Waals surface area contributed by atoms with E-state index in [1.54, 1.807) is 0 Å². The van der Waals surface area contributed by atoms with Crippen LogP contribution >= 0.6 is 0 Å². The largest absolute Gasteiger partial charge is 0.481 e. The topological polar surface area (TPSA) is 66.4 Å². The van der Waals surface area contributed by atoms with Crippen LogP contribution in [0.3, 0.4) is 0 Å². The van der Waals surface area contributed by atoms with Gasteiger partial charge in [0.1, 0.15) is 0 Å². The van der Waals surface area contributed by atoms with Gasteiger partial charge in [-0.2, -0.15) is 13.2 Å². The fourth-order valence-electron chi connectivity index (χ4n) is 2.53. The van der Waals surface area contributed by atoms with Gasteiger partial charge >= 0.3 is 12.1 Å². The van der Waals surface area contributed by atoms with E-state index in [4.69, 9.17) is 5.11 Å². The van der Waals surface area contributed by atoms with Crippen molar-refractivity contribution in [1.82, 2.24) is 5.32 Å². The number of unbranched alkanes of at least 4 members (excludes halogenated alkanes) is 1. The van der Waals surface area contributed by atoms with Crippen LogP contribution in [-0.4, -0.2) is 29.7 Å². The number of carbonyl (C=O) groups excluding carboxylic acids is 1. The predicted molar refractivity (Wildman–Crippen MR) is 66.0 cm³/mol. The van der Waals surface area contributed by atoms with Crippen LogP contribution < -0.4 is 5.32 Å². The van der Waals surface area contributed by atoms with Crippen molar-refractivity contribution >= 4 is 11.9 Å². The van der Waals surface area contributed by atoms with Crippen LogP contribution in [0, 0.1) is 11.8 Å². The number of carboxylic acids is 1. The van der Waals surface area contributed by atoms with Crippen LogP contribution in [0.15, 0.2) is 0 Å². The van der Waals surface area contributed by atoms with E-state index in [9.17, 15) is 22.8 Å². The molecule has 1 aliphatic carbocycles. The van der Waals surface area contributed by atoms with Gasteiger partial charge in [-0.25, -0.2) is 0 Å². The van der Waals surface area contributed by atoms with Crippen LogP contribution in [0.1, 0.15) is 44.9 Å². The molecule has 1 amide bonds. The Labute approximate surface area is 115 Å². The highest BCUT2D eigenvalue weighted by molar-refractivity contribution is 5.84. The van der Waals surface area contributed by atoms with Crippen LogP contribution in [0.5, 0.6) is 0 Å². The van der Waals surface area contributed by atoms with Crippen molar-refractivity contribution in [1.29, 1.82) is 0 Å². The van der Waals surface area contributed by atoms with Crippen LogP contribution in [0.25, 0.3) is 0 Å². The average Bonchev–Trinajstić information content (AvgIpc) is 2.36. The smallest absolute Gasteiger partial charge is 0.389 e. The summed E-state index contributed by atoms with van der Waals surface area (Å²) in [5, 5.41) is 11.6. The summed E-state index contributed by atoms with van der Waals surface area (Å²) in [4.78, 5) is 22.9. The molecule has 2 unspecified atom stereocenters. The molecule has 2 N–H and O–H groups in total. The summed E-state index contributed by atoms with van der Waals surface area (Å²) in [5.41, 5.74) is 0. The number of hydrogen-bond acceptors (Lipinski definition) is 2. The van der Waals surface area contributed by atoms with Crippen molar-refractivity contribution in [3.8, 4) is 0 Å². The number of hydrogen-bond donors (Lipinski definition) is 2. The molecule has 0 saturated heterocycles. The Morgan fingerprint density at radius 2 is 1.70 bits per heavy atom. The molecule has 2 atom stereocenters. The van der Waals surface area contributed by atoms with Gasteiger partial charge < -0.3 is 10.4 Å². The van der Waals surface area contributed by atoms with E-state index in [0.717, 1.165) is 12.8 Å². The number of aliphatic carboxylic acids is 1. The first kappa shape index (κ1) is 16.8. The number of amides is 1. The summed E-state index contributed by atoms with van der Waals surface area (Å²) in [7, 11) is 0. The minimum absolute atomic E-state index is 0.0309. The van der Waals surface area contributed by atoms with Crippen molar-refractivity contribution in [3.05, 3.63) is 0 Å². The molecule has 0 bridgehead atoms. The highest BCUT2D eigenvalue weighted by atomic mass is 19.4. The maximum Gasteiger partial charge on any atom is 0.389 e. The molecule has 1 saturated carbocycles. The van der Waals surface area contributed by atoms with Crippen LogP contribution in [-0.2, 0) is 9.59 Å². The summed E-state index contributed by atoms with van der Waals surface area (Å²) in [5.74, 6) is -2.53. The number of rotatable bonds is 6. The fourth-order valence-corrected chi connectivity index (χ4v) is 2.53. The van der Waals surface area contributed by atoms with E-state index in [0.29, 0.717) is 12.8 Å². The third kappa shape index (κ3) is 5.79. The Morgan fingerprint density at radius 3 is 2.25 bits per heavy atom. The Morgan fingerprint density at radius 1 is 1.10 bits per heavy atom. The Hall–Kier alpha value is -1.27. The van der Waals surface area contributed by atoms with Gasteiger partial charge in [0.25, 0.3) is 0 Å². The summed E-state index contributed by atoms with van der Waals surface area (Å²) in [6.07, 6.45) is -2.17. The van der Waals surface area contributed by atoms with Crippen molar-refractivity contribution < 1.29 is 27.9 Å². The lowest BCUT2D eigenvalue weighted by Crippen LogP contribution is -2.40. The number of halogens is 3. The predicted octanol–water partition coefficient (Wildman–Crippen LogP) is 2.73. The standard InChI is InChI=1S/C13H20F3NO3/c14-13(15,16)7-3-4-8-17-11(18)9-5-1-2-6-10(9)12(19)20/h9-10H,1-8H2,(H,17,18)(H,19,20). The SMILES string of the molecule is O=C(O)C1CCCCC1C(=O)NCCCCC(F)(F)F. The zero-order valence-electron chi connectivity index (χ0n) is 11.2. The molecule has 1 aliphatic rings. The second-order valence-corrected chi connectivity index (χ2v) is 5.20. The third-order valence-electron chi connectivity index (χ3n) is 3.61. The van der Waals surface area contributed by atoms with Gasteiger partial charge in [0.15, 0.2) is 0 Å². The lowest BCUT2D eigenvalue weighted by Gasteiger charge is -2.27. The van der Waals surface area contributed by atoms with Gasteiger partial charge in [-0.1, -0.05) is 12.8 Å². The summed E-state index contributed by atoms with van der Waals surface area (Å²) >= 11 is 0. The Bertz CT molecular complexity index is 344. The molecule has 116 valence electrons. The molecule has 0 radical (unpaired) electrons.